The smallest absolute Gasteiger partial charge is 0.265 e. The minimum absolute atomic E-state index is 0.120. The summed E-state index contributed by atoms with van der Waals surface area (Å²) in [6.45, 7) is 2.75. The number of amides is 1. The van der Waals surface area contributed by atoms with Crippen molar-refractivity contribution in [2.45, 2.75) is 0 Å². The second kappa shape index (κ2) is 5.38. The largest absolute Gasteiger partial charge is 0.379 e. The molecule has 0 aromatic carbocycles. The van der Waals surface area contributed by atoms with Crippen molar-refractivity contribution in [1.82, 2.24) is 15.4 Å². The number of carbonyl (C=O) groups excluding carboxylic acids is 1. The normalized spacial score (nSPS) is 17.1. The van der Waals surface area contributed by atoms with Gasteiger partial charge in [0, 0.05) is 24.8 Å². The third-order valence-electron chi connectivity index (χ3n) is 2.26. The zero-order valence-corrected chi connectivity index (χ0v) is 10.2. The number of hydrogen-bond donors (Lipinski definition) is 1. The van der Waals surface area contributed by atoms with Crippen molar-refractivity contribution >= 4 is 21.8 Å². The highest BCUT2D eigenvalue weighted by Gasteiger charge is 2.14. The molecule has 1 saturated heterocycles. The molecule has 5 nitrogen and oxygen atoms in total. The van der Waals surface area contributed by atoms with Crippen LogP contribution in [0.1, 0.15) is 10.4 Å². The Labute approximate surface area is 102 Å². The molecule has 0 radical (unpaired) electrons. The van der Waals surface area contributed by atoms with Crippen LogP contribution in [0.3, 0.4) is 0 Å². The van der Waals surface area contributed by atoms with Gasteiger partial charge < -0.3 is 4.74 Å². The van der Waals surface area contributed by atoms with E-state index in [0.717, 1.165) is 13.1 Å². The Morgan fingerprint density at radius 3 is 2.94 bits per heavy atom. The van der Waals surface area contributed by atoms with Gasteiger partial charge in [-0.1, -0.05) is 0 Å². The van der Waals surface area contributed by atoms with E-state index in [1.165, 1.54) is 0 Å². The van der Waals surface area contributed by atoms with E-state index in [-0.39, 0.29) is 5.91 Å². The number of pyridine rings is 1. The van der Waals surface area contributed by atoms with Gasteiger partial charge in [0.05, 0.1) is 13.2 Å². The van der Waals surface area contributed by atoms with Gasteiger partial charge in [0.15, 0.2) is 0 Å². The molecular weight excluding hydrogens is 274 g/mol. The molecule has 2 rings (SSSR count). The number of hydrogen-bond acceptors (Lipinski definition) is 4. The van der Waals surface area contributed by atoms with E-state index in [4.69, 9.17) is 4.74 Å². The summed E-state index contributed by atoms with van der Waals surface area (Å²) in [5, 5.41) is 1.86. The first-order valence-electron chi connectivity index (χ1n) is 5.01. The van der Waals surface area contributed by atoms with Crippen molar-refractivity contribution < 1.29 is 9.53 Å². The average molecular weight is 286 g/mol. The molecule has 1 fully saturated rings. The van der Waals surface area contributed by atoms with Crippen molar-refractivity contribution in [2.24, 2.45) is 0 Å². The van der Waals surface area contributed by atoms with Gasteiger partial charge in [0.25, 0.3) is 5.91 Å². The molecule has 0 bridgehead atoms. The molecule has 0 atom stereocenters. The van der Waals surface area contributed by atoms with Crippen molar-refractivity contribution in [3.8, 4) is 0 Å². The van der Waals surface area contributed by atoms with Crippen molar-refractivity contribution in [2.75, 3.05) is 26.3 Å². The molecule has 0 saturated carbocycles. The summed E-state index contributed by atoms with van der Waals surface area (Å²) in [7, 11) is 0. The number of nitrogens with one attached hydrogen (secondary N) is 1. The lowest BCUT2D eigenvalue weighted by molar-refractivity contribution is 0.0126. The van der Waals surface area contributed by atoms with Gasteiger partial charge in [-0.3, -0.25) is 10.2 Å². The quantitative estimate of drug-likeness (QED) is 0.818. The Morgan fingerprint density at radius 1 is 1.50 bits per heavy atom. The molecule has 1 N–H and O–H groups in total. The topological polar surface area (TPSA) is 54.5 Å². The maximum atomic E-state index is 11.8. The van der Waals surface area contributed by atoms with Crippen molar-refractivity contribution in [3.05, 3.63) is 28.5 Å². The second-order valence-corrected chi connectivity index (χ2v) is 4.22. The third kappa shape index (κ3) is 3.01. The maximum Gasteiger partial charge on any atom is 0.265 e. The van der Waals surface area contributed by atoms with Crippen LogP contribution in [0, 0.1) is 0 Å². The first-order valence-corrected chi connectivity index (χ1v) is 5.80. The van der Waals surface area contributed by atoms with Crippen LogP contribution in [-0.4, -0.2) is 42.2 Å². The van der Waals surface area contributed by atoms with Gasteiger partial charge in [-0.2, -0.15) is 0 Å². The van der Waals surface area contributed by atoms with E-state index in [0.29, 0.717) is 23.4 Å². The lowest BCUT2D eigenvalue weighted by Crippen LogP contribution is -2.48. The molecule has 1 aliphatic heterocycles. The van der Waals surface area contributed by atoms with E-state index in [1.54, 1.807) is 18.3 Å². The minimum atomic E-state index is -0.120. The van der Waals surface area contributed by atoms with Crippen LogP contribution in [0.25, 0.3) is 0 Å². The SMILES string of the molecule is O=C(NN1CCOCC1)c1ccnc(Br)c1. The van der Waals surface area contributed by atoms with Crippen LogP contribution in [0.2, 0.25) is 0 Å². The molecule has 0 unspecified atom stereocenters. The fourth-order valence-electron chi connectivity index (χ4n) is 1.43. The van der Waals surface area contributed by atoms with Crippen LogP contribution in [0.15, 0.2) is 22.9 Å². The summed E-state index contributed by atoms with van der Waals surface area (Å²) < 4.78 is 5.85. The molecule has 1 aromatic rings. The molecule has 16 heavy (non-hydrogen) atoms. The summed E-state index contributed by atoms with van der Waals surface area (Å²) in [6.07, 6.45) is 1.60. The molecule has 1 aromatic heterocycles. The molecule has 1 amide bonds. The number of rotatable bonds is 2. The minimum Gasteiger partial charge on any atom is -0.379 e. The van der Waals surface area contributed by atoms with Crippen LogP contribution in [0.4, 0.5) is 0 Å². The summed E-state index contributed by atoms with van der Waals surface area (Å²) in [4.78, 5) is 15.8. The lowest BCUT2D eigenvalue weighted by Gasteiger charge is -2.26. The number of halogens is 1. The summed E-state index contributed by atoms with van der Waals surface area (Å²) in [5.41, 5.74) is 3.42. The predicted octanol–water partition coefficient (Wildman–Crippen LogP) is 0.821. The first kappa shape index (κ1) is 11.5. The van der Waals surface area contributed by atoms with Crippen molar-refractivity contribution in [3.63, 3.8) is 0 Å². The first-order chi connectivity index (χ1) is 7.75. The van der Waals surface area contributed by atoms with E-state index < -0.39 is 0 Å². The number of nitrogens with zero attached hydrogens (tertiary/aromatic N) is 2. The zero-order chi connectivity index (χ0) is 11.4. The average Bonchev–Trinajstić information content (AvgIpc) is 2.30. The van der Waals surface area contributed by atoms with Crippen molar-refractivity contribution in [1.29, 1.82) is 0 Å². The molecular formula is C10H12BrN3O2. The molecule has 0 spiro atoms. The highest BCUT2D eigenvalue weighted by atomic mass is 79.9. The maximum absolute atomic E-state index is 11.8. The van der Waals surface area contributed by atoms with E-state index in [1.807, 2.05) is 5.01 Å². The molecule has 86 valence electrons. The van der Waals surface area contributed by atoms with E-state index >= 15 is 0 Å². The van der Waals surface area contributed by atoms with Gasteiger partial charge in [-0.25, -0.2) is 9.99 Å². The third-order valence-corrected chi connectivity index (χ3v) is 2.69. The summed E-state index contributed by atoms with van der Waals surface area (Å²) in [5.74, 6) is -0.120. The molecule has 6 heteroatoms. The van der Waals surface area contributed by atoms with Crippen LogP contribution in [0.5, 0.6) is 0 Å². The monoisotopic (exact) mass is 285 g/mol. The zero-order valence-electron chi connectivity index (χ0n) is 8.65. The number of hydrazine groups is 1. The van der Waals surface area contributed by atoms with Gasteiger partial charge in [0.2, 0.25) is 0 Å². The van der Waals surface area contributed by atoms with E-state index in [9.17, 15) is 4.79 Å². The number of carbonyl (C=O) groups is 1. The number of morpholine rings is 1. The van der Waals surface area contributed by atoms with Gasteiger partial charge >= 0.3 is 0 Å². The highest BCUT2D eigenvalue weighted by Crippen LogP contribution is 2.08. The van der Waals surface area contributed by atoms with Gasteiger partial charge in [0.1, 0.15) is 4.60 Å². The Kier molecular flexibility index (Phi) is 3.87. The Balaban J connectivity index is 1.97. The second-order valence-electron chi connectivity index (χ2n) is 3.41. The Bertz CT molecular complexity index is 380. The number of aromatic nitrogens is 1. The standard InChI is InChI=1S/C10H12BrN3O2/c11-9-7-8(1-2-12-9)10(15)13-14-3-5-16-6-4-14/h1-2,7H,3-6H2,(H,13,15). The Morgan fingerprint density at radius 2 is 2.25 bits per heavy atom. The fraction of sp³-hybridized carbons (Fsp3) is 0.400. The number of ether oxygens (including phenoxy) is 1. The molecule has 0 aliphatic carbocycles. The van der Waals surface area contributed by atoms with Gasteiger partial charge in [-0.15, -0.1) is 0 Å². The van der Waals surface area contributed by atoms with Crippen LogP contribution >= 0.6 is 15.9 Å². The van der Waals surface area contributed by atoms with Crippen LogP contribution in [-0.2, 0) is 4.74 Å². The fourth-order valence-corrected chi connectivity index (χ4v) is 1.79. The summed E-state index contributed by atoms with van der Waals surface area (Å²) >= 11 is 3.23. The van der Waals surface area contributed by atoms with E-state index in [2.05, 4.69) is 26.3 Å². The summed E-state index contributed by atoms with van der Waals surface area (Å²) in [6, 6.07) is 3.37. The Hall–Kier alpha value is -0.980. The highest BCUT2D eigenvalue weighted by molar-refractivity contribution is 9.10. The van der Waals surface area contributed by atoms with Crippen LogP contribution < -0.4 is 5.43 Å². The lowest BCUT2D eigenvalue weighted by atomic mass is 10.2. The van der Waals surface area contributed by atoms with Gasteiger partial charge in [-0.05, 0) is 28.1 Å². The molecule has 2 heterocycles. The predicted molar refractivity (Wildman–Crippen MR) is 61.8 cm³/mol. The molecule has 1 aliphatic rings.